The smallest absolute Gasteiger partial charge is 0.342 e. The fourth-order valence-corrected chi connectivity index (χ4v) is 5.73. The number of esters is 2. The molecule has 0 aliphatic carbocycles. The molecule has 0 aromatic heterocycles. The Morgan fingerprint density at radius 1 is 0.958 bits per heavy atom. The van der Waals surface area contributed by atoms with Gasteiger partial charge < -0.3 is 42.6 Å². The molecular weight excluding hydrogens is 620 g/mol. The van der Waals surface area contributed by atoms with E-state index >= 15 is 0 Å². The van der Waals surface area contributed by atoms with Crippen molar-refractivity contribution in [3.05, 3.63) is 77.4 Å². The number of carbonyl (C=O) groups excluding carboxylic acids is 2. The van der Waals surface area contributed by atoms with Crippen molar-refractivity contribution in [3.8, 4) is 11.5 Å². The maximum Gasteiger partial charge on any atom is 0.342 e. The van der Waals surface area contributed by atoms with Gasteiger partial charge in [-0.25, -0.2) is 9.59 Å². The lowest BCUT2D eigenvalue weighted by molar-refractivity contribution is -0.152. The van der Waals surface area contributed by atoms with E-state index in [2.05, 4.69) is 0 Å². The van der Waals surface area contributed by atoms with Crippen molar-refractivity contribution in [1.82, 2.24) is 0 Å². The number of rotatable bonds is 8. The van der Waals surface area contributed by atoms with Gasteiger partial charge in [-0.3, -0.25) is 0 Å². The van der Waals surface area contributed by atoms with E-state index in [0.29, 0.717) is 29.9 Å². The van der Waals surface area contributed by atoms with Crippen LogP contribution in [0.25, 0.3) is 6.08 Å². The summed E-state index contributed by atoms with van der Waals surface area (Å²) in [4.78, 5) is 27.0. The molecule has 0 spiro atoms. The molecule has 3 unspecified atom stereocenters. The van der Waals surface area contributed by atoms with Gasteiger partial charge in [0.05, 0.1) is 18.3 Å². The van der Waals surface area contributed by atoms with Crippen molar-refractivity contribution in [2.24, 2.45) is 5.92 Å². The largest absolute Gasteiger partial charge is 0.491 e. The maximum atomic E-state index is 13.8. The Morgan fingerprint density at radius 2 is 1.73 bits per heavy atom. The van der Waals surface area contributed by atoms with Crippen LogP contribution >= 0.6 is 0 Å². The van der Waals surface area contributed by atoms with Gasteiger partial charge in [0.25, 0.3) is 0 Å². The first-order chi connectivity index (χ1) is 22.8. The van der Waals surface area contributed by atoms with E-state index in [1.54, 1.807) is 55.5 Å². The van der Waals surface area contributed by atoms with E-state index in [4.69, 9.17) is 42.6 Å². The molecule has 3 aliphatic heterocycles. The lowest BCUT2D eigenvalue weighted by atomic mass is 9.98. The minimum absolute atomic E-state index is 0.0948. The second kappa shape index (κ2) is 15.2. The van der Waals surface area contributed by atoms with Gasteiger partial charge in [0.2, 0.25) is 0 Å². The van der Waals surface area contributed by atoms with Crippen molar-refractivity contribution in [1.29, 1.82) is 0 Å². The van der Waals surface area contributed by atoms with Crippen LogP contribution in [-0.4, -0.2) is 81.1 Å². The first kappa shape index (κ1) is 35.6. The minimum atomic E-state index is -0.930. The molecule has 2 saturated heterocycles. The average molecular weight is 667 g/mol. The van der Waals surface area contributed by atoms with Crippen molar-refractivity contribution in [2.75, 3.05) is 27.1 Å². The Balaban J connectivity index is 1.49. The molecule has 11 heteroatoms. The predicted octanol–water partition coefficient (Wildman–Crippen LogP) is 6.10. The quantitative estimate of drug-likeness (QED) is 0.185. The van der Waals surface area contributed by atoms with Gasteiger partial charge in [0.15, 0.2) is 18.4 Å². The first-order valence-corrected chi connectivity index (χ1v) is 16.3. The van der Waals surface area contributed by atoms with Crippen LogP contribution < -0.4 is 9.47 Å². The lowest BCUT2D eigenvalue weighted by Crippen LogP contribution is -2.37. The van der Waals surface area contributed by atoms with Gasteiger partial charge in [0, 0.05) is 19.1 Å². The third kappa shape index (κ3) is 9.03. The Morgan fingerprint density at radius 3 is 2.44 bits per heavy atom. The molecule has 2 fully saturated rings. The molecule has 0 amide bonds. The van der Waals surface area contributed by atoms with Gasteiger partial charge in [-0.15, -0.1) is 0 Å². The summed E-state index contributed by atoms with van der Waals surface area (Å²) in [7, 11) is 1.50. The molecule has 2 aromatic rings. The number of fused-ring (bicyclic) bond motifs is 2. The predicted molar refractivity (Wildman–Crippen MR) is 176 cm³/mol. The zero-order valence-corrected chi connectivity index (χ0v) is 28.6. The standard InChI is InChI=1S/C37H46O11/c1-23-16-17-29(45-34(38)25-12-9-8-10-13-25)33-30(47-37(5,6)48-33)15-11-14-26-18-27(41-20-28-21-43-36(3,4)46-28)19-31(42-22-40-7)32(26)35(39)44-24(23)2/h8-14,16-19,23-24,28-30,33H,15,20-22H2,1-7H3/b14-11+,17-16-/t23-,24+,28?,29?,30+,33?/m1/s1. The van der Waals surface area contributed by atoms with Crippen LogP contribution in [0.5, 0.6) is 11.5 Å². The number of cyclic esters (lactones) is 1. The second-order valence-electron chi connectivity index (χ2n) is 13.1. The fraction of sp³-hybridized carbons (Fsp3) is 0.514. The fourth-order valence-electron chi connectivity index (χ4n) is 5.73. The SMILES string of the molecule is COCOc1cc(OCC2COC(C)(C)O2)cc2c1C(=O)O[C@@H](C)[C@H](C)/C=C\C(OC(=O)c1ccccc1)C1OC(C)(C)O[C@H]1C/C=C/2. The van der Waals surface area contributed by atoms with Crippen LogP contribution in [0, 0.1) is 5.92 Å². The van der Waals surface area contributed by atoms with Crippen molar-refractivity contribution >= 4 is 18.0 Å². The molecule has 2 aromatic carbocycles. The van der Waals surface area contributed by atoms with Crippen LogP contribution in [0.2, 0.25) is 0 Å². The molecule has 0 bridgehead atoms. The highest BCUT2D eigenvalue weighted by Crippen LogP contribution is 2.36. The van der Waals surface area contributed by atoms with Crippen molar-refractivity contribution in [2.45, 2.75) is 90.1 Å². The molecule has 3 heterocycles. The van der Waals surface area contributed by atoms with Crippen LogP contribution in [0.1, 0.15) is 74.2 Å². The molecule has 3 aliphatic rings. The van der Waals surface area contributed by atoms with Crippen molar-refractivity contribution < 1.29 is 52.2 Å². The first-order valence-electron chi connectivity index (χ1n) is 16.3. The summed E-state index contributed by atoms with van der Waals surface area (Å²) in [6, 6.07) is 12.2. The third-order valence-electron chi connectivity index (χ3n) is 8.25. The summed E-state index contributed by atoms with van der Waals surface area (Å²) in [5, 5.41) is 0. The maximum absolute atomic E-state index is 13.8. The van der Waals surface area contributed by atoms with Crippen LogP contribution in [0.3, 0.4) is 0 Å². The number of ether oxygens (including phenoxy) is 9. The topological polar surface area (TPSA) is 117 Å². The lowest BCUT2D eigenvalue weighted by Gasteiger charge is -2.26. The van der Waals surface area contributed by atoms with E-state index in [0.717, 1.165) is 0 Å². The van der Waals surface area contributed by atoms with Gasteiger partial charge in [-0.1, -0.05) is 43.4 Å². The third-order valence-corrected chi connectivity index (χ3v) is 8.25. The Bertz CT molecular complexity index is 1480. The number of carbonyl (C=O) groups is 2. The Labute approximate surface area is 282 Å². The molecule has 0 N–H and O–H groups in total. The van der Waals surface area contributed by atoms with Gasteiger partial charge >= 0.3 is 11.9 Å². The average Bonchev–Trinajstić information content (AvgIpc) is 3.56. The normalized spacial score (nSPS) is 29.4. The minimum Gasteiger partial charge on any atom is -0.491 e. The molecule has 0 saturated carbocycles. The van der Waals surface area contributed by atoms with E-state index in [9.17, 15) is 9.59 Å². The van der Waals surface area contributed by atoms with E-state index < -0.39 is 47.9 Å². The van der Waals surface area contributed by atoms with Gasteiger partial charge in [-0.2, -0.15) is 0 Å². The highest BCUT2D eigenvalue weighted by atomic mass is 16.8. The zero-order valence-electron chi connectivity index (χ0n) is 28.6. The van der Waals surface area contributed by atoms with E-state index in [1.165, 1.54) is 7.11 Å². The summed E-state index contributed by atoms with van der Waals surface area (Å²) >= 11 is 0. The summed E-state index contributed by atoms with van der Waals surface area (Å²) < 4.78 is 53.4. The van der Waals surface area contributed by atoms with Crippen molar-refractivity contribution in [3.63, 3.8) is 0 Å². The highest BCUT2D eigenvalue weighted by molar-refractivity contribution is 5.97. The highest BCUT2D eigenvalue weighted by Gasteiger charge is 2.45. The number of hydrogen-bond acceptors (Lipinski definition) is 11. The van der Waals surface area contributed by atoms with Gasteiger partial charge in [-0.05, 0) is 70.9 Å². The molecule has 11 nitrogen and oxygen atoms in total. The van der Waals surface area contributed by atoms with E-state index in [-0.39, 0.29) is 36.7 Å². The molecule has 6 atom stereocenters. The summed E-state index contributed by atoms with van der Waals surface area (Å²) in [6.07, 6.45) is 5.02. The molecular formula is C37H46O11. The molecule has 260 valence electrons. The second-order valence-corrected chi connectivity index (χ2v) is 13.1. The van der Waals surface area contributed by atoms with Crippen LogP contribution in [0.4, 0.5) is 0 Å². The Hall–Kier alpha value is -3.74. The monoisotopic (exact) mass is 666 g/mol. The summed E-state index contributed by atoms with van der Waals surface area (Å²) in [6.45, 7) is 11.6. The zero-order chi connectivity index (χ0) is 34.5. The number of methoxy groups -OCH3 is 1. The summed E-state index contributed by atoms with van der Waals surface area (Å²) in [5.41, 5.74) is 1.17. The van der Waals surface area contributed by atoms with Gasteiger partial charge in [0.1, 0.15) is 48.1 Å². The van der Waals surface area contributed by atoms with E-state index in [1.807, 2.05) is 52.8 Å². The van der Waals surface area contributed by atoms with Crippen LogP contribution in [0.15, 0.2) is 60.7 Å². The number of hydrogen-bond donors (Lipinski definition) is 0. The molecule has 0 radical (unpaired) electrons. The summed E-state index contributed by atoms with van der Waals surface area (Å²) in [5.74, 6) is -2.22. The molecule has 48 heavy (non-hydrogen) atoms. The molecule has 5 rings (SSSR count). The number of benzene rings is 2. The Kier molecular flexibility index (Phi) is 11.3. The van der Waals surface area contributed by atoms with Crippen LogP contribution in [-0.2, 0) is 33.2 Å².